The van der Waals surface area contributed by atoms with Crippen molar-refractivity contribution >= 4 is 22.6 Å². The number of allylic oxidation sites excluding steroid dienone is 1. The van der Waals surface area contributed by atoms with E-state index in [9.17, 15) is 9.59 Å². The predicted octanol–water partition coefficient (Wildman–Crippen LogP) is 5.57. The summed E-state index contributed by atoms with van der Waals surface area (Å²) >= 11 is 0. The van der Waals surface area contributed by atoms with Gasteiger partial charge in [0.2, 0.25) is 0 Å². The van der Waals surface area contributed by atoms with Crippen LogP contribution in [0, 0.1) is 5.82 Å². The van der Waals surface area contributed by atoms with E-state index in [0.29, 0.717) is 35.5 Å². The Morgan fingerprint density at radius 1 is 1.13 bits per heavy atom. The third-order valence-electron chi connectivity index (χ3n) is 6.72. The molecule has 0 bridgehead atoms. The number of aliphatic carboxylic acids is 1. The minimum Gasteiger partial charge on any atom is -0.478 e. The first kappa shape index (κ1) is 21.6. The summed E-state index contributed by atoms with van der Waals surface area (Å²) in [5.74, 6) is -1.38. The number of hydrogen-bond donors (Lipinski definition) is 2. The van der Waals surface area contributed by atoms with Gasteiger partial charge >= 0.3 is 5.97 Å². The lowest BCUT2D eigenvalue weighted by atomic mass is 9.95. The first-order valence-electron chi connectivity index (χ1n) is 11.6. The Kier molecular flexibility index (Phi) is 6.73. The molecule has 2 aliphatic carbocycles. The smallest absolute Gasteiger partial charge is 0.327 e. The number of aryl methyl sites for hydroxylation is 1. The van der Waals surface area contributed by atoms with E-state index in [4.69, 9.17) is 5.11 Å². The molecule has 6 heteroatoms. The Morgan fingerprint density at radius 2 is 1.84 bits per heavy atom. The number of hydrogen-bond acceptors (Lipinski definition) is 3. The maximum atomic E-state index is 15.0. The van der Waals surface area contributed by atoms with Crippen LogP contribution >= 0.6 is 0 Å². The van der Waals surface area contributed by atoms with Crippen molar-refractivity contribution in [3.8, 4) is 0 Å². The Balaban J connectivity index is 1.72. The highest BCUT2D eigenvalue weighted by Crippen LogP contribution is 2.34. The number of fused-ring (bicyclic) bond motifs is 1. The molecule has 2 N–H and O–H groups in total. The number of rotatable bonds is 7. The number of carbonyl (C=O) groups is 1. The summed E-state index contributed by atoms with van der Waals surface area (Å²) in [4.78, 5) is 23.8. The van der Waals surface area contributed by atoms with Crippen LogP contribution in [0.1, 0.15) is 75.8 Å². The van der Waals surface area contributed by atoms with Gasteiger partial charge in [0.15, 0.2) is 5.43 Å². The highest BCUT2D eigenvalue weighted by molar-refractivity contribution is 5.84. The lowest BCUT2D eigenvalue weighted by molar-refractivity contribution is -0.131. The van der Waals surface area contributed by atoms with Crippen molar-refractivity contribution in [3.05, 3.63) is 52.1 Å². The van der Waals surface area contributed by atoms with E-state index in [1.54, 1.807) is 6.08 Å². The van der Waals surface area contributed by atoms with Gasteiger partial charge in [-0.25, -0.2) is 9.18 Å². The van der Waals surface area contributed by atoms with Gasteiger partial charge in [0.25, 0.3) is 0 Å². The Hall–Kier alpha value is -2.63. The second-order valence-electron chi connectivity index (χ2n) is 8.94. The average molecular weight is 427 g/mol. The van der Waals surface area contributed by atoms with Crippen molar-refractivity contribution in [1.82, 2.24) is 4.57 Å². The van der Waals surface area contributed by atoms with Crippen LogP contribution in [0.15, 0.2) is 35.3 Å². The fourth-order valence-corrected chi connectivity index (χ4v) is 5.09. The van der Waals surface area contributed by atoms with Crippen LogP contribution in [0.5, 0.6) is 0 Å². The molecule has 1 heterocycles. The molecule has 2 aliphatic rings. The maximum absolute atomic E-state index is 15.0. The van der Waals surface area contributed by atoms with Gasteiger partial charge in [-0.05, 0) is 50.7 Å². The fourth-order valence-electron chi connectivity index (χ4n) is 5.09. The Bertz CT molecular complexity index is 1030. The minimum absolute atomic E-state index is 0.156. The van der Waals surface area contributed by atoms with Gasteiger partial charge in [0.1, 0.15) is 5.82 Å². The average Bonchev–Trinajstić information content (AvgIpc) is 3.29. The van der Waals surface area contributed by atoms with Crippen LogP contribution in [-0.4, -0.2) is 21.7 Å². The third kappa shape index (κ3) is 5.00. The summed E-state index contributed by atoms with van der Waals surface area (Å²) in [5.41, 5.74) is 1.74. The summed E-state index contributed by atoms with van der Waals surface area (Å²) in [7, 11) is 0. The Morgan fingerprint density at radius 3 is 2.55 bits per heavy atom. The molecule has 5 nitrogen and oxygen atoms in total. The molecule has 0 spiro atoms. The van der Waals surface area contributed by atoms with Crippen molar-refractivity contribution in [2.24, 2.45) is 0 Å². The maximum Gasteiger partial charge on any atom is 0.327 e. The van der Waals surface area contributed by atoms with Crippen molar-refractivity contribution in [2.75, 3.05) is 5.32 Å². The van der Waals surface area contributed by atoms with Crippen LogP contribution in [-0.2, 0) is 11.2 Å². The van der Waals surface area contributed by atoms with E-state index < -0.39 is 5.97 Å². The van der Waals surface area contributed by atoms with Crippen LogP contribution < -0.4 is 10.7 Å². The van der Waals surface area contributed by atoms with Gasteiger partial charge in [0, 0.05) is 35.3 Å². The van der Waals surface area contributed by atoms with Crippen molar-refractivity contribution in [3.63, 3.8) is 0 Å². The molecule has 2 saturated carbocycles. The highest BCUT2D eigenvalue weighted by Gasteiger charge is 2.22. The number of nitrogens with one attached hydrogen (secondary N) is 1. The second kappa shape index (κ2) is 9.67. The summed E-state index contributed by atoms with van der Waals surface area (Å²) in [5, 5.41) is 12.6. The topological polar surface area (TPSA) is 71.3 Å². The van der Waals surface area contributed by atoms with Crippen molar-refractivity contribution in [2.45, 2.75) is 82.7 Å². The van der Waals surface area contributed by atoms with Crippen LogP contribution in [0.3, 0.4) is 0 Å². The summed E-state index contributed by atoms with van der Waals surface area (Å²) in [6.45, 7) is 0. The molecular weight excluding hydrogens is 395 g/mol. The molecule has 1 aromatic carbocycles. The molecule has 166 valence electrons. The van der Waals surface area contributed by atoms with Gasteiger partial charge in [-0.1, -0.05) is 38.2 Å². The number of benzene rings is 1. The SMILES string of the molecule is O=C(O)/C=C/CCc1cn(C2CCCC2)c2cc(NC3CCCCC3)c(F)cc2c1=O. The molecule has 31 heavy (non-hydrogen) atoms. The zero-order valence-corrected chi connectivity index (χ0v) is 17.9. The quantitative estimate of drug-likeness (QED) is 0.568. The minimum atomic E-state index is -0.998. The van der Waals surface area contributed by atoms with Gasteiger partial charge in [0.05, 0.1) is 11.2 Å². The van der Waals surface area contributed by atoms with E-state index in [0.717, 1.165) is 50.1 Å². The van der Waals surface area contributed by atoms with Gasteiger partial charge < -0.3 is 15.0 Å². The first-order chi connectivity index (χ1) is 15.0. The molecule has 0 unspecified atom stereocenters. The zero-order chi connectivity index (χ0) is 21.8. The molecule has 2 aromatic rings. The molecule has 4 rings (SSSR count). The predicted molar refractivity (Wildman–Crippen MR) is 121 cm³/mol. The van der Waals surface area contributed by atoms with E-state index >= 15 is 4.39 Å². The lowest BCUT2D eigenvalue weighted by Crippen LogP contribution is -2.23. The first-order valence-corrected chi connectivity index (χ1v) is 11.6. The summed E-state index contributed by atoms with van der Waals surface area (Å²) in [6.07, 6.45) is 15.6. The Labute approximate surface area is 182 Å². The monoisotopic (exact) mass is 426 g/mol. The molecule has 2 fully saturated rings. The van der Waals surface area contributed by atoms with E-state index in [1.165, 1.54) is 25.3 Å². The van der Waals surface area contributed by atoms with E-state index in [2.05, 4.69) is 9.88 Å². The number of carboxylic acid groups (broad SMARTS) is 1. The van der Waals surface area contributed by atoms with Crippen molar-refractivity contribution < 1.29 is 14.3 Å². The van der Waals surface area contributed by atoms with Crippen LogP contribution in [0.2, 0.25) is 0 Å². The highest BCUT2D eigenvalue weighted by atomic mass is 19.1. The lowest BCUT2D eigenvalue weighted by Gasteiger charge is -2.25. The number of nitrogens with zero attached hydrogens (tertiary/aromatic N) is 1. The second-order valence-corrected chi connectivity index (χ2v) is 8.94. The van der Waals surface area contributed by atoms with Gasteiger partial charge in [-0.3, -0.25) is 4.79 Å². The molecule has 0 radical (unpaired) electrons. The third-order valence-corrected chi connectivity index (χ3v) is 6.72. The number of anilines is 1. The standard InChI is InChI=1S/C25H31FN2O3/c26-21-14-20-23(15-22(21)27-18-9-2-1-3-10-18)28(19-11-5-6-12-19)16-17(25(20)31)8-4-7-13-24(29)30/h7,13-16,18-19,27H,1-6,8-12H2,(H,29,30)/b13-7+. The zero-order valence-electron chi connectivity index (χ0n) is 17.9. The van der Waals surface area contributed by atoms with E-state index in [-0.39, 0.29) is 17.3 Å². The molecule has 0 aliphatic heterocycles. The number of aromatic nitrogens is 1. The summed E-state index contributed by atoms with van der Waals surface area (Å²) < 4.78 is 17.2. The molecule has 1 aromatic heterocycles. The number of pyridine rings is 1. The van der Waals surface area contributed by atoms with Gasteiger partial charge in [-0.15, -0.1) is 0 Å². The van der Waals surface area contributed by atoms with Crippen LogP contribution in [0.25, 0.3) is 10.9 Å². The normalized spacial score (nSPS) is 18.2. The molecule has 0 atom stereocenters. The summed E-state index contributed by atoms with van der Waals surface area (Å²) in [6, 6.07) is 3.81. The van der Waals surface area contributed by atoms with Crippen LogP contribution in [0.4, 0.5) is 10.1 Å². The molecule has 0 saturated heterocycles. The molecular formula is C25H31FN2O3. The number of carboxylic acids is 1. The van der Waals surface area contributed by atoms with E-state index in [1.807, 2.05) is 12.3 Å². The van der Waals surface area contributed by atoms with Gasteiger partial charge in [-0.2, -0.15) is 0 Å². The fraction of sp³-hybridized carbons (Fsp3) is 0.520. The van der Waals surface area contributed by atoms with Crippen molar-refractivity contribution in [1.29, 1.82) is 0 Å². The largest absolute Gasteiger partial charge is 0.478 e. The number of halogens is 1. The molecule has 0 amide bonds.